The van der Waals surface area contributed by atoms with Crippen LogP contribution in [0.25, 0.3) is 0 Å². The number of tetrazole rings is 1. The maximum absolute atomic E-state index is 14.2. The molecule has 12 nitrogen and oxygen atoms in total. The molecule has 2 heterocycles. The molecule has 1 aliphatic heterocycles. The summed E-state index contributed by atoms with van der Waals surface area (Å²) in [5, 5.41) is 14.0. The number of rotatable bonds is 8. The molecule has 15 heteroatoms. The number of aromatic nitrogens is 4. The summed E-state index contributed by atoms with van der Waals surface area (Å²) >= 11 is 12.9. The largest absolute Gasteiger partial charge is 0.326 e. The van der Waals surface area contributed by atoms with Crippen molar-refractivity contribution in [2.24, 2.45) is 0 Å². The van der Waals surface area contributed by atoms with Gasteiger partial charge in [0.15, 0.2) is 0 Å². The number of fused-ring (bicyclic) bond motifs is 1. The third kappa shape index (κ3) is 5.98. The van der Waals surface area contributed by atoms with Gasteiger partial charge in [-0.05, 0) is 42.2 Å². The van der Waals surface area contributed by atoms with Gasteiger partial charge < -0.3 is 4.90 Å². The molecule has 2 aromatic carbocycles. The Labute approximate surface area is 240 Å². The van der Waals surface area contributed by atoms with E-state index < -0.39 is 40.0 Å². The van der Waals surface area contributed by atoms with Crippen LogP contribution in [0.5, 0.6) is 0 Å². The fourth-order valence-corrected chi connectivity index (χ4v) is 6.95. The zero-order chi connectivity index (χ0) is 28.4. The van der Waals surface area contributed by atoms with Crippen LogP contribution in [0.15, 0.2) is 42.5 Å². The summed E-state index contributed by atoms with van der Waals surface area (Å²) in [7, 11) is -3.58. The monoisotopic (exact) mass is 607 g/mol. The number of halogens is 2. The number of hydrogen-bond donors (Lipinski definition) is 3. The van der Waals surface area contributed by atoms with Crippen molar-refractivity contribution in [3.63, 3.8) is 0 Å². The molecular formula is C25H27Cl2N7O5S. The topological polar surface area (TPSA) is 159 Å². The van der Waals surface area contributed by atoms with E-state index in [4.69, 9.17) is 28.0 Å². The second kappa shape index (κ2) is 11.8. The molecule has 0 saturated heterocycles. The predicted octanol–water partition coefficient (Wildman–Crippen LogP) is 2.90. The summed E-state index contributed by atoms with van der Waals surface area (Å²) in [6.07, 6.45) is 3.74. The summed E-state index contributed by atoms with van der Waals surface area (Å²) in [5.74, 6) is -1.59. The van der Waals surface area contributed by atoms with E-state index in [2.05, 4.69) is 30.8 Å². The van der Waals surface area contributed by atoms with Gasteiger partial charge in [0.2, 0.25) is 15.8 Å². The van der Waals surface area contributed by atoms with E-state index in [0.717, 1.165) is 19.1 Å². The summed E-state index contributed by atoms with van der Waals surface area (Å²) in [5.41, 5.74) is 3.80. The van der Waals surface area contributed by atoms with Gasteiger partial charge in [-0.1, -0.05) is 65.5 Å². The summed E-state index contributed by atoms with van der Waals surface area (Å²) in [6.45, 7) is -0.144. The van der Waals surface area contributed by atoms with Gasteiger partial charge in [-0.3, -0.25) is 14.4 Å². The van der Waals surface area contributed by atoms with Crippen molar-refractivity contribution < 1.29 is 22.8 Å². The molecule has 0 radical (unpaired) electrons. The van der Waals surface area contributed by atoms with Crippen molar-refractivity contribution in [2.45, 2.75) is 56.3 Å². The quantitative estimate of drug-likeness (QED) is 0.329. The average Bonchev–Trinajstić information content (AvgIpc) is 3.42. The Morgan fingerprint density at radius 1 is 1.15 bits per heavy atom. The molecule has 40 heavy (non-hydrogen) atoms. The predicted molar refractivity (Wildman–Crippen MR) is 146 cm³/mol. The highest BCUT2D eigenvalue weighted by atomic mass is 35.5. The van der Waals surface area contributed by atoms with Gasteiger partial charge in [0.25, 0.3) is 11.8 Å². The third-order valence-corrected chi connectivity index (χ3v) is 8.45. The first-order valence-corrected chi connectivity index (χ1v) is 15.3. The van der Waals surface area contributed by atoms with E-state index in [9.17, 15) is 18.0 Å². The minimum atomic E-state index is -3.58. The zero-order valence-electron chi connectivity index (χ0n) is 21.4. The molecule has 2 aliphatic rings. The van der Waals surface area contributed by atoms with Crippen LogP contribution < -0.4 is 10.2 Å². The number of carbonyl (C=O) groups is 2. The Bertz CT molecular complexity index is 1500. The number of hydroxylamine groups is 1. The number of nitrogens with one attached hydrogen (secondary N) is 3. The number of benzene rings is 2. The fraction of sp³-hybridized carbons (Fsp3) is 0.400. The molecule has 1 saturated carbocycles. The molecule has 4 atom stereocenters. The number of H-pyrrole nitrogens is 1. The fourth-order valence-electron chi connectivity index (χ4n) is 5.61. The Morgan fingerprint density at radius 2 is 1.93 bits per heavy atom. The molecule has 5 rings (SSSR count). The van der Waals surface area contributed by atoms with Crippen molar-refractivity contribution >= 4 is 45.0 Å². The minimum absolute atomic E-state index is 0.144. The van der Waals surface area contributed by atoms with Crippen molar-refractivity contribution in [1.29, 1.82) is 0 Å². The maximum Gasteiger partial charge on any atom is 0.255 e. The number of amides is 2. The maximum atomic E-state index is 14.2. The lowest BCUT2D eigenvalue weighted by Crippen LogP contribution is -2.59. The molecular weight excluding hydrogens is 581 g/mol. The van der Waals surface area contributed by atoms with E-state index in [1.165, 1.54) is 0 Å². The van der Waals surface area contributed by atoms with Gasteiger partial charge in [-0.15, -0.1) is 10.2 Å². The van der Waals surface area contributed by atoms with E-state index in [1.54, 1.807) is 47.4 Å². The summed E-state index contributed by atoms with van der Waals surface area (Å²) in [6, 6.07) is 9.74. The van der Waals surface area contributed by atoms with E-state index in [-0.39, 0.29) is 23.4 Å². The Kier molecular flexibility index (Phi) is 8.38. The van der Waals surface area contributed by atoms with Crippen LogP contribution in [0, 0.1) is 0 Å². The van der Waals surface area contributed by atoms with Crippen LogP contribution in [0.4, 0.5) is 0 Å². The average molecular weight is 609 g/mol. The van der Waals surface area contributed by atoms with Crippen LogP contribution in [0.2, 0.25) is 10.0 Å². The van der Waals surface area contributed by atoms with Crippen LogP contribution in [-0.4, -0.2) is 64.1 Å². The number of nitrogens with zero attached hydrogens (tertiary/aromatic N) is 4. The highest BCUT2D eigenvalue weighted by Gasteiger charge is 2.49. The highest BCUT2D eigenvalue weighted by Crippen LogP contribution is 2.47. The highest BCUT2D eigenvalue weighted by molar-refractivity contribution is 7.88. The first-order valence-electron chi connectivity index (χ1n) is 12.6. The zero-order valence-corrected chi connectivity index (χ0v) is 23.7. The summed E-state index contributed by atoms with van der Waals surface area (Å²) in [4.78, 5) is 35.1. The van der Waals surface area contributed by atoms with Crippen LogP contribution in [-0.2, 0) is 26.3 Å². The molecule has 3 aromatic rings. The normalized spacial score (nSPS) is 23.1. The lowest BCUT2D eigenvalue weighted by atomic mass is 9.76. The molecule has 1 aliphatic carbocycles. The standard InChI is InChI=1S/C25H27Cl2N7O5S/c1-40(37,38)31-19-8-4-5-9-20(19)34-23(17-11-10-14(26)12-18(17)27)22(15-6-2-3-7-16(15)25(34)36)24(35)30-39-13-21-28-32-33-29-21/h2-3,6-7,10-12,19-20,22-23,31H,4-5,8-9,13H2,1H3,(H,30,35)(H,28,29,32,33)/t19-,20?,22+,23-/m0/s1. The molecule has 1 unspecified atom stereocenters. The Morgan fingerprint density at radius 3 is 2.65 bits per heavy atom. The van der Waals surface area contributed by atoms with Gasteiger partial charge in [0.1, 0.15) is 6.61 Å². The number of aromatic amines is 1. The first kappa shape index (κ1) is 28.4. The van der Waals surface area contributed by atoms with E-state index >= 15 is 0 Å². The number of sulfonamides is 1. The Hall–Kier alpha value is -3.10. The van der Waals surface area contributed by atoms with Gasteiger partial charge in [-0.25, -0.2) is 18.6 Å². The Balaban J connectivity index is 1.61. The smallest absolute Gasteiger partial charge is 0.255 e. The number of carbonyl (C=O) groups excluding carboxylic acids is 2. The second-order valence-electron chi connectivity index (χ2n) is 9.82. The molecule has 1 fully saturated rings. The first-order chi connectivity index (χ1) is 19.1. The van der Waals surface area contributed by atoms with Crippen molar-refractivity contribution in [3.8, 4) is 0 Å². The van der Waals surface area contributed by atoms with Crippen molar-refractivity contribution in [1.82, 2.24) is 35.7 Å². The molecule has 212 valence electrons. The van der Waals surface area contributed by atoms with Crippen LogP contribution in [0.1, 0.15) is 65.0 Å². The van der Waals surface area contributed by atoms with Gasteiger partial charge in [0, 0.05) is 27.7 Å². The number of hydrogen-bond acceptors (Lipinski definition) is 8. The van der Waals surface area contributed by atoms with Gasteiger partial charge >= 0.3 is 0 Å². The van der Waals surface area contributed by atoms with E-state index in [1.807, 2.05) is 0 Å². The summed E-state index contributed by atoms with van der Waals surface area (Å²) < 4.78 is 27.3. The van der Waals surface area contributed by atoms with E-state index in [0.29, 0.717) is 34.6 Å². The molecule has 3 N–H and O–H groups in total. The molecule has 1 aromatic heterocycles. The lowest BCUT2D eigenvalue weighted by molar-refractivity contribution is -0.138. The second-order valence-corrected chi connectivity index (χ2v) is 12.4. The van der Waals surface area contributed by atoms with Crippen molar-refractivity contribution in [3.05, 3.63) is 75.0 Å². The molecule has 0 bridgehead atoms. The molecule has 0 spiro atoms. The van der Waals surface area contributed by atoms with Gasteiger partial charge in [-0.2, -0.15) is 5.21 Å². The SMILES string of the molecule is CS(=O)(=O)N[C@H]1CCCCC1N1C(=O)c2ccccc2[C@@H](C(=O)NOCc2nn[nH]n2)[C@@H]1c1ccc(Cl)cc1Cl. The van der Waals surface area contributed by atoms with Crippen LogP contribution >= 0.6 is 23.2 Å². The molecule has 2 amide bonds. The van der Waals surface area contributed by atoms with Crippen LogP contribution in [0.3, 0.4) is 0 Å². The van der Waals surface area contributed by atoms with Gasteiger partial charge in [0.05, 0.1) is 18.2 Å². The lowest BCUT2D eigenvalue weighted by Gasteiger charge is -2.49. The minimum Gasteiger partial charge on any atom is -0.326 e. The van der Waals surface area contributed by atoms with Crippen molar-refractivity contribution in [2.75, 3.05) is 6.26 Å². The third-order valence-electron chi connectivity index (χ3n) is 7.16.